The van der Waals surface area contributed by atoms with Crippen LogP contribution in [0.15, 0.2) is 11.8 Å². The van der Waals surface area contributed by atoms with E-state index in [2.05, 4.69) is 19.9 Å². The molecule has 0 aromatic carbocycles. The largest absolute Gasteiger partial charge is 0.487 e. The van der Waals surface area contributed by atoms with E-state index in [0.29, 0.717) is 11.8 Å². The molecule has 0 fully saturated rings. The highest BCUT2D eigenvalue weighted by atomic mass is 16.5. The molecule has 0 aliphatic carbocycles. The summed E-state index contributed by atoms with van der Waals surface area (Å²) in [7, 11) is 0. The van der Waals surface area contributed by atoms with Gasteiger partial charge in [-0.25, -0.2) is 0 Å². The molecule has 1 aliphatic heterocycles. The van der Waals surface area contributed by atoms with E-state index in [-0.39, 0.29) is 11.9 Å². The average Bonchev–Trinajstić information content (AvgIpc) is 1.96. The lowest BCUT2D eigenvalue weighted by Gasteiger charge is -2.31. The number of rotatable bonds is 1. The van der Waals surface area contributed by atoms with Crippen molar-refractivity contribution in [3.63, 3.8) is 0 Å². The molecule has 2 heteroatoms. The second kappa shape index (κ2) is 3.30. The quantitative estimate of drug-likeness (QED) is 0.599. The molecule has 0 amide bonds. The lowest BCUT2D eigenvalue weighted by molar-refractivity contribution is -0.130. The first-order valence-electron chi connectivity index (χ1n) is 4.38. The average molecular weight is 168 g/mol. The Balaban J connectivity index is 2.80. The first kappa shape index (κ1) is 9.30. The van der Waals surface area contributed by atoms with Crippen LogP contribution in [0, 0.1) is 11.8 Å². The van der Waals surface area contributed by atoms with Gasteiger partial charge in [0.05, 0.1) is 5.76 Å². The summed E-state index contributed by atoms with van der Waals surface area (Å²) < 4.78 is 5.44. The van der Waals surface area contributed by atoms with Crippen molar-refractivity contribution < 1.29 is 9.53 Å². The number of Topliss-reactive ketones (excluding diaryl/α,β-unsaturated/α-hetero) is 1. The summed E-state index contributed by atoms with van der Waals surface area (Å²) in [6.45, 7) is 7.66. The van der Waals surface area contributed by atoms with Crippen LogP contribution in [0.1, 0.15) is 27.7 Å². The van der Waals surface area contributed by atoms with Gasteiger partial charge in [-0.15, -0.1) is 0 Å². The molecule has 0 unspecified atom stereocenters. The molecule has 3 atom stereocenters. The van der Waals surface area contributed by atoms with Gasteiger partial charge in [0.1, 0.15) is 0 Å². The standard InChI is InChI=1S/C10H16O2/c1-6-5-7(2)12-10(8(6)3)9(4)11/h5-6,8,10H,1-4H3/t6-,8+,10+/m1/s1. The highest BCUT2D eigenvalue weighted by molar-refractivity contribution is 5.81. The maximum Gasteiger partial charge on any atom is 0.170 e. The Labute approximate surface area is 73.6 Å². The number of allylic oxidation sites excluding steroid dienone is 2. The Bertz CT molecular complexity index is 218. The van der Waals surface area contributed by atoms with E-state index < -0.39 is 0 Å². The van der Waals surface area contributed by atoms with Gasteiger partial charge in [-0.05, 0) is 25.8 Å². The number of hydrogen-bond acceptors (Lipinski definition) is 2. The number of ether oxygens (including phenoxy) is 1. The zero-order chi connectivity index (χ0) is 9.30. The third kappa shape index (κ3) is 1.68. The summed E-state index contributed by atoms with van der Waals surface area (Å²) in [5, 5.41) is 0. The van der Waals surface area contributed by atoms with Crippen molar-refractivity contribution in [2.75, 3.05) is 0 Å². The van der Waals surface area contributed by atoms with Gasteiger partial charge >= 0.3 is 0 Å². The Morgan fingerprint density at radius 1 is 1.50 bits per heavy atom. The molecule has 1 aliphatic rings. The highest BCUT2D eigenvalue weighted by Gasteiger charge is 2.30. The first-order valence-corrected chi connectivity index (χ1v) is 4.38. The summed E-state index contributed by atoms with van der Waals surface area (Å²) in [5.74, 6) is 1.74. The van der Waals surface area contributed by atoms with E-state index in [0.717, 1.165) is 5.76 Å². The third-order valence-electron chi connectivity index (χ3n) is 2.52. The summed E-state index contributed by atoms with van der Waals surface area (Å²) in [4.78, 5) is 11.1. The molecule has 0 aromatic heterocycles. The van der Waals surface area contributed by atoms with Crippen molar-refractivity contribution in [3.8, 4) is 0 Å². The van der Waals surface area contributed by atoms with Gasteiger partial charge in [-0.3, -0.25) is 4.79 Å². The van der Waals surface area contributed by atoms with Crippen LogP contribution < -0.4 is 0 Å². The van der Waals surface area contributed by atoms with E-state index in [1.807, 2.05) is 6.92 Å². The number of carbonyl (C=O) groups is 1. The molecule has 0 aromatic rings. The second-order valence-corrected chi connectivity index (χ2v) is 3.64. The normalized spacial score (nSPS) is 35.3. The third-order valence-corrected chi connectivity index (χ3v) is 2.52. The van der Waals surface area contributed by atoms with E-state index in [1.54, 1.807) is 6.92 Å². The molecule has 0 N–H and O–H groups in total. The molecular formula is C10H16O2. The van der Waals surface area contributed by atoms with Gasteiger partial charge < -0.3 is 4.74 Å². The molecule has 0 bridgehead atoms. The van der Waals surface area contributed by atoms with Crippen molar-refractivity contribution in [1.82, 2.24) is 0 Å². The lowest BCUT2D eigenvalue weighted by atomic mass is 9.86. The fourth-order valence-corrected chi connectivity index (χ4v) is 1.60. The maximum atomic E-state index is 11.1. The molecule has 1 heterocycles. The molecule has 0 saturated carbocycles. The second-order valence-electron chi connectivity index (χ2n) is 3.64. The van der Waals surface area contributed by atoms with E-state index in [9.17, 15) is 4.79 Å². The zero-order valence-electron chi connectivity index (χ0n) is 8.13. The van der Waals surface area contributed by atoms with E-state index in [4.69, 9.17) is 4.74 Å². The molecule has 2 nitrogen and oxygen atoms in total. The monoisotopic (exact) mass is 168 g/mol. The topological polar surface area (TPSA) is 26.3 Å². The van der Waals surface area contributed by atoms with E-state index in [1.165, 1.54) is 0 Å². The van der Waals surface area contributed by atoms with Crippen molar-refractivity contribution in [1.29, 1.82) is 0 Å². The summed E-state index contributed by atoms with van der Waals surface area (Å²) in [6, 6.07) is 0. The molecule has 12 heavy (non-hydrogen) atoms. The van der Waals surface area contributed by atoms with Crippen LogP contribution in [0.3, 0.4) is 0 Å². The van der Waals surface area contributed by atoms with Crippen LogP contribution in [0.5, 0.6) is 0 Å². The predicted octanol–water partition coefficient (Wildman–Crippen LogP) is 2.15. The smallest absolute Gasteiger partial charge is 0.170 e. The van der Waals surface area contributed by atoms with Crippen molar-refractivity contribution in [3.05, 3.63) is 11.8 Å². The van der Waals surface area contributed by atoms with Gasteiger partial charge in [0, 0.05) is 5.92 Å². The van der Waals surface area contributed by atoms with Crippen LogP contribution >= 0.6 is 0 Å². The molecule has 0 radical (unpaired) electrons. The Morgan fingerprint density at radius 2 is 2.08 bits per heavy atom. The molecule has 68 valence electrons. The van der Waals surface area contributed by atoms with Crippen LogP contribution in [0.25, 0.3) is 0 Å². The lowest BCUT2D eigenvalue weighted by Crippen LogP contribution is -2.35. The Kier molecular flexibility index (Phi) is 2.55. The Hall–Kier alpha value is -0.790. The van der Waals surface area contributed by atoms with Crippen LogP contribution in [0.2, 0.25) is 0 Å². The summed E-state index contributed by atoms with van der Waals surface area (Å²) in [5.41, 5.74) is 0. The molecular weight excluding hydrogens is 152 g/mol. The van der Waals surface area contributed by atoms with Gasteiger partial charge in [0.2, 0.25) is 0 Å². The predicted molar refractivity (Wildman–Crippen MR) is 47.6 cm³/mol. The summed E-state index contributed by atoms with van der Waals surface area (Å²) >= 11 is 0. The zero-order valence-corrected chi connectivity index (χ0v) is 8.13. The number of ketones is 1. The van der Waals surface area contributed by atoms with Crippen LogP contribution in [0.4, 0.5) is 0 Å². The van der Waals surface area contributed by atoms with Crippen molar-refractivity contribution >= 4 is 5.78 Å². The fourth-order valence-electron chi connectivity index (χ4n) is 1.60. The molecule has 1 rings (SSSR count). The van der Waals surface area contributed by atoms with Gasteiger partial charge in [0.25, 0.3) is 0 Å². The summed E-state index contributed by atoms with van der Waals surface area (Å²) in [6.07, 6.45) is 1.84. The van der Waals surface area contributed by atoms with Crippen molar-refractivity contribution in [2.45, 2.75) is 33.8 Å². The molecule has 0 saturated heterocycles. The van der Waals surface area contributed by atoms with E-state index >= 15 is 0 Å². The number of hydrogen-bond donors (Lipinski definition) is 0. The minimum Gasteiger partial charge on any atom is -0.487 e. The van der Waals surface area contributed by atoms with Crippen molar-refractivity contribution in [2.24, 2.45) is 11.8 Å². The van der Waals surface area contributed by atoms with Gasteiger partial charge in [-0.1, -0.05) is 13.8 Å². The minimum absolute atomic E-state index is 0.127. The van der Waals surface area contributed by atoms with Gasteiger partial charge in [0.15, 0.2) is 11.9 Å². The highest BCUT2D eigenvalue weighted by Crippen LogP contribution is 2.27. The number of carbonyl (C=O) groups excluding carboxylic acids is 1. The van der Waals surface area contributed by atoms with Crippen LogP contribution in [-0.4, -0.2) is 11.9 Å². The SMILES string of the molecule is CC(=O)[C@H]1OC(C)=C[C@@H](C)[C@@H]1C. The van der Waals surface area contributed by atoms with Gasteiger partial charge in [-0.2, -0.15) is 0 Å². The first-order chi connectivity index (χ1) is 5.52. The maximum absolute atomic E-state index is 11.1. The molecule has 0 spiro atoms. The van der Waals surface area contributed by atoms with Crippen LogP contribution in [-0.2, 0) is 9.53 Å². The Morgan fingerprint density at radius 3 is 2.58 bits per heavy atom. The fraction of sp³-hybridized carbons (Fsp3) is 0.700. The minimum atomic E-state index is -0.231.